The Morgan fingerprint density at radius 3 is 2.62 bits per heavy atom. The van der Waals surface area contributed by atoms with Crippen molar-refractivity contribution in [2.75, 3.05) is 26.9 Å². The molecule has 0 aliphatic rings. The van der Waals surface area contributed by atoms with E-state index < -0.39 is 12.1 Å². The third-order valence-corrected chi connectivity index (χ3v) is 2.88. The zero-order valence-corrected chi connectivity index (χ0v) is 12.7. The van der Waals surface area contributed by atoms with Crippen molar-refractivity contribution in [3.05, 3.63) is 28.8 Å². The molecule has 0 fully saturated rings. The molecular weight excluding hydrogens is 300 g/mol. The molecule has 0 radical (unpaired) electrons. The standard InChI is InChI=1S/C14H19ClO6/c1-9(6-19-2)20-7-11(16)8-21-13-4-3-10(14(17)18)5-12(13)15/h3-5,9,11,16H,6-8H2,1-2H3,(H,17,18). The van der Waals surface area contributed by atoms with Crippen molar-refractivity contribution in [2.24, 2.45) is 0 Å². The van der Waals surface area contributed by atoms with Gasteiger partial charge in [-0.3, -0.25) is 0 Å². The van der Waals surface area contributed by atoms with Crippen LogP contribution in [-0.4, -0.2) is 55.3 Å². The summed E-state index contributed by atoms with van der Waals surface area (Å²) in [6.45, 7) is 2.37. The number of aromatic carboxylic acids is 1. The van der Waals surface area contributed by atoms with E-state index in [0.717, 1.165) is 0 Å². The lowest BCUT2D eigenvalue weighted by Gasteiger charge is -2.16. The second kappa shape index (κ2) is 8.84. The molecule has 0 heterocycles. The summed E-state index contributed by atoms with van der Waals surface area (Å²) in [6.07, 6.45) is -0.942. The Bertz CT molecular complexity index is 465. The van der Waals surface area contributed by atoms with Gasteiger partial charge in [0.2, 0.25) is 0 Å². The largest absolute Gasteiger partial charge is 0.489 e. The zero-order chi connectivity index (χ0) is 15.8. The molecule has 7 heteroatoms. The van der Waals surface area contributed by atoms with Gasteiger partial charge in [-0.1, -0.05) is 11.6 Å². The van der Waals surface area contributed by atoms with Gasteiger partial charge in [0.25, 0.3) is 0 Å². The van der Waals surface area contributed by atoms with E-state index in [9.17, 15) is 9.90 Å². The second-order valence-corrected chi connectivity index (χ2v) is 4.92. The van der Waals surface area contributed by atoms with Crippen molar-refractivity contribution in [3.63, 3.8) is 0 Å². The molecule has 6 nitrogen and oxygen atoms in total. The van der Waals surface area contributed by atoms with Crippen molar-refractivity contribution in [3.8, 4) is 5.75 Å². The fourth-order valence-corrected chi connectivity index (χ4v) is 1.78. The lowest BCUT2D eigenvalue weighted by molar-refractivity contribution is -0.0422. The number of rotatable bonds is 9. The van der Waals surface area contributed by atoms with E-state index in [0.29, 0.717) is 12.4 Å². The number of hydrogen-bond donors (Lipinski definition) is 2. The molecule has 0 bridgehead atoms. The number of methoxy groups -OCH3 is 1. The molecule has 0 aliphatic heterocycles. The summed E-state index contributed by atoms with van der Waals surface area (Å²) >= 11 is 5.91. The smallest absolute Gasteiger partial charge is 0.335 e. The summed E-state index contributed by atoms with van der Waals surface area (Å²) in [5.74, 6) is -0.755. The van der Waals surface area contributed by atoms with Gasteiger partial charge in [0.1, 0.15) is 18.5 Å². The fraction of sp³-hybridized carbons (Fsp3) is 0.500. The predicted octanol–water partition coefficient (Wildman–Crippen LogP) is 1.83. The summed E-state index contributed by atoms with van der Waals surface area (Å²) in [5.41, 5.74) is 0.0737. The molecule has 1 aromatic carbocycles. The summed E-state index contributed by atoms with van der Waals surface area (Å²) in [5, 5.41) is 18.7. The van der Waals surface area contributed by atoms with E-state index in [1.54, 1.807) is 7.11 Å². The van der Waals surface area contributed by atoms with Crippen LogP contribution in [-0.2, 0) is 9.47 Å². The van der Waals surface area contributed by atoms with Crippen LogP contribution in [0.3, 0.4) is 0 Å². The highest BCUT2D eigenvalue weighted by Crippen LogP contribution is 2.25. The Morgan fingerprint density at radius 2 is 2.05 bits per heavy atom. The molecule has 2 unspecified atom stereocenters. The Balaban J connectivity index is 2.42. The topological polar surface area (TPSA) is 85.2 Å². The van der Waals surface area contributed by atoms with Gasteiger partial charge in [-0.15, -0.1) is 0 Å². The molecule has 0 aromatic heterocycles. The van der Waals surface area contributed by atoms with E-state index in [1.807, 2.05) is 6.92 Å². The van der Waals surface area contributed by atoms with Crippen LogP contribution in [0.25, 0.3) is 0 Å². The zero-order valence-electron chi connectivity index (χ0n) is 11.9. The lowest BCUT2D eigenvalue weighted by Crippen LogP contribution is -2.27. The van der Waals surface area contributed by atoms with Gasteiger partial charge in [0.15, 0.2) is 0 Å². The lowest BCUT2D eigenvalue weighted by atomic mass is 10.2. The molecule has 0 aliphatic carbocycles. The van der Waals surface area contributed by atoms with Crippen LogP contribution in [0.2, 0.25) is 5.02 Å². The van der Waals surface area contributed by atoms with Crippen molar-refractivity contribution in [1.82, 2.24) is 0 Å². The molecule has 0 saturated heterocycles. The third-order valence-electron chi connectivity index (χ3n) is 2.58. The maximum absolute atomic E-state index is 10.8. The van der Waals surface area contributed by atoms with Crippen LogP contribution in [0.1, 0.15) is 17.3 Å². The van der Waals surface area contributed by atoms with Crippen LogP contribution in [0.5, 0.6) is 5.75 Å². The molecular formula is C14H19ClO6. The summed E-state index contributed by atoms with van der Waals surface area (Å²) < 4.78 is 15.6. The van der Waals surface area contributed by atoms with Gasteiger partial charge < -0.3 is 24.4 Å². The fourth-order valence-electron chi connectivity index (χ4n) is 1.54. The van der Waals surface area contributed by atoms with Crippen LogP contribution >= 0.6 is 11.6 Å². The van der Waals surface area contributed by atoms with Crippen LogP contribution < -0.4 is 4.74 Å². The number of benzene rings is 1. The first-order chi connectivity index (χ1) is 9.93. The Morgan fingerprint density at radius 1 is 1.33 bits per heavy atom. The van der Waals surface area contributed by atoms with Crippen LogP contribution in [0, 0.1) is 0 Å². The molecule has 1 rings (SSSR count). The SMILES string of the molecule is COCC(C)OCC(O)COc1ccc(C(=O)O)cc1Cl. The maximum Gasteiger partial charge on any atom is 0.335 e. The van der Waals surface area contributed by atoms with Gasteiger partial charge in [-0.2, -0.15) is 0 Å². The molecule has 0 saturated carbocycles. The first-order valence-electron chi connectivity index (χ1n) is 6.38. The van der Waals surface area contributed by atoms with Crippen molar-refractivity contribution in [2.45, 2.75) is 19.1 Å². The number of halogens is 1. The highest BCUT2D eigenvalue weighted by Gasteiger charge is 2.12. The van der Waals surface area contributed by atoms with E-state index in [4.69, 9.17) is 30.9 Å². The van der Waals surface area contributed by atoms with E-state index >= 15 is 0 Å². The van der Waals surface area contributed by atoms with E-state index in [1.165, 1.54) is 18.2 Å². The minimum atomic E-state index is -1.07. The monoisotopic (exact) mass is 318 g/mol. The molecule has 118 valence electrons. The minimum Gasteiger partial charge on any atom is -0.489 e. The van der Waals surface area contributed by atoms with Gasteiger partial charge in [0.05, 0.1) is 29.9 Å². The molecule has 0 amide bonds. The summed E-state index contributed by atoms with van der Waals surface area (Å²) in [7, 11) is 1.57. The molecule has 1 aromatic rings. The highest BCUT2D eigenvalue weighted by molar-refractivity contribution is 6.32. The van der Waals surface area contributed by atoms with Gasteiger partial charge >= 0.3 is 5.97 Å². The van der Waals surface area contributed by atoms with Gasteiger partial charge in [-0.25, -0.2) is 4.79 Å². The average Bonchev–Trinajstić information content (AvgIpc) is 2.44. The van der Waals surface area contributed by atoms with E-state index in [2.05, 4.69) is 0 Å². The average molecular weight is 319 g/mol. The number of hydrogen-bond acceptors (Lipinski definition) is 5. The number of aliphatic hydroxyl groups excluding tert-OH is 1. The first-order valence-corrected chi connectivity index (χ1v) is 6.76. The molecule has 0 spiro atoms. The quantitative estimate of drug-likeness (QED) is 0.722. The van der Waals surface area contributed by atoms with Crippen molar-refractivity contribution < 1.29 is 29.2 Å². The Labute approximate surface area is 128 Å². The minimum absolute atomic E-state index is 0.00810. The normalized spacial score (nSPS) is 13.7. The number of carboxylic acids is 1. The second-order valence-electron chi connectivity index (χ2n) is 4.51. The summed E-state index contributed by atoms with van der Waals surface area (Å²) in [4.78, 5) is 10.8. The van der Waals surface area contributed by atoms with Crippen LogP contribution in [0.4, 0.5) is 0 Å². The first kappa shape index (κ1) is 17.7. The maximum atomic E-state index is 10.8. The van der Waals surface area contributed by atoms with Gasteiger partial charge in [-0.05, 0) is 25.1 Å². The van der Waals surface area contributed by atoms with Gasteiger partial charge in [0, 0.05) is 7.11 Å². The number of carbonyl (C=O) groups is 1. The number of carboxylic acid groups (broad SMARTS) is 1. The third kappa shape index (κ3) is 6.31. The van der Waals surface area contributed by atoms with Crippen molar-refractivity contribution in [1.29, 1.82) is 0 Å². The Kier molecular flexibility index (Phi) is 7.45. The van der Waals surface area contributed by atoms with Crippen molar-refractivity contribution >= 4 is 17.6 Å². The number of aliphatic hydroxyl groups is 1. The highest BCUT2D eigenvalue weighted by atomic mass is 35.5. The van der Waals surface area contributed by atoms with E-state index in [-0.39, 0.29) is 29.9 Å². The number of ether oxygens (including phenoxy) is 3. The molecule has 2 N–H and O–H groups in total. The predicted molar refractivity (Wildman–Crippen MR) is 77.2 cm³/mol. The molecule has 21 heavy (non-hydrogen) atoms. The van der Waals surface area contributed by atoms with Crippen LogP contribution in [0.15, 0.2) is 18.2 Å². The molecule has 2 atom stereocenters. The Hall–Kier alpha value is -1.34. The summed E-state index contributed by atoms with van der Waals surface area (Å²) in [6, 6.07) is 4.13.